The zero-order chi connectivity index (χ0) is 11.1. The van der Waals surface area contributed by atoms with E-state index in [0.29, 0.717) is 12.1 Å². The molecule has 0 saturated heterocycles. The molecule has 1 heterocycles. The fraction of sp³-hybridized carbons (Fsp3) is 0.909. The average Bonchev–Trinajstić information content (AvgIpc) is 2.18. The Balaban J connectivity index is 2.41. The van der Waals surface area contributed by atoms with Gasteiger partial charge in [0.25, 0.3) is 0 Å². The predicted molar refractivity (Wildman–Crippen MR) is 67.7 cm³/mol. The molecule has 0 radical (unpaired) electrons. The topological polar surface area (TPSA) is 33.6 Å². The molecule has 0 aromatic rings. The van der Waals surface area contributed by atoms with Crippen LogP contribution in [0.5, 0.6) is 0 Å². The number of aliphatic imine (C=N–C) groups is 1. The Hall–Kier alpha value is -0.220. The van der Waals surface area contributed by atoms with Crippen LogP contribution >= 0.6 is 11.8 Å². The molecule has 15 heavy (non-hydrogen) atoms. The van der Waals surface area contributed by atoms with E-state index in [1.54, 1.807) is 7.11 Å². The van der Waals surface area contributed by atoms with E-state index in [4.69, 9.17) is 4.74 Å². The summed E-state index contributed by atoms with van der Waals surface area (Å²) in [7, 11) is 1.75. The van der Waals surface area contributed by atoms with Crippen molar-refractivity contribution in [2.75, 3.05) is 19.5 Å². The molecule has 0 aromatic heterocycles. The molecule has 88 valence electrons. The van der Waals surface area contributed by atoms with E-state index in [9.17, 15) is 0 Å². The second-order valence-electron chi connectivity index (χ2n) is 4.01. The first-order valence-electron chi connectivity index (χ1n) is 5.72. The van der Waals surface area contributed by atoms with Crippen LogP contribution in [-0.4, -0.2) is 36.7 Å². The first-order chi connectivity index (χ1) is 7.26. The quantitative estimate of drug-likeness (QED) is 0.786. The van der Waals surface area contributed by atoms with Crippen LogP contribution < -0.4 is 5.32 Å². The minimum absolute atomic E-state index is 0.413. The van der Waals surface area contributed by atoms with Crippen molar-refractivity contribution in [1.29, 1.82) is 0 Å². The van der Waals surface area contributed by atoms with E-state index >= 15 is 0 Å². The first-order valence-corrected chi connectivity index (χ1v) is 6.71. The number of nitrogens with zero attached hydrogens (tertiary/aromatic N) is 1. The second kappa shape index (κ2) is 7.12. The van der Waals surface area contributed by atoms with Crippen LogP contribution in [0, 0.1) is 0 Å². The summed E-state index contributed by atoms with van der Waals surface area (Å²) in [6, 6.07) is 0.884. The number of ether oxygens (including phenoxy) is 1. The zero-order valence-corrected chi connectivity index (χ0v) is 10.8. The number of hydrogen-bond donors (Lipinski definition) is 1. The maximum atomic E-state index is 5.20. The summed E-state index contributed by atoms with van der Waals surface area (Å²) >= 11 is 1.83. The van der Waals surface area contributed by atoms with Gasteiger partial charge in [-0.05, 0) is 19.8 Å². The van der Waals surface area contributed by atoms with Crippen molar-refractivity contribution in [1.82, 2.24) is 5.32 Å². The highest BCUT2D eigenvalue weighted by Crippen LogP contribution is 2.16. The van der Waals surface area contributed by atoms with Gasteiger partial charge in [-0.1, -0.05) is 25.1 Å². The number of amidine groups is 1. The summed E-state index contributed by atoms with van der Waals surface area (Å²) in [5, 5.41) is 4.58. The summed E-state index contributed by atoms with van der Waals surface area (Å²) in [6.45, 7) is 5.14. The van der Waals surface area contributed by atoms with Crippen LogP contribution in [0.2, 0.25) is 0 Å². The van der Waals surface area contributed by atoms with Gasteiger partial charge in [0.05, 0.1) is 18.7 Å². The number of thioether (sulfide) groups is 1. The predicted octanol–water partition coefficient (Wildman–Crippen LogP) is 2.27. The lowest BCUT2D eigenvalue weighted by Crippen LogP contribution is -2.38. The molecule has 1 aliphatic rings. The largest absolute Gasteiger partial charge is 0.383 e. The van der Waals surface area contributed by atoms with E-state index in [1.807, 2.05) is 11.8 Å². The smallest absolute Gasteiger partial charge is 0.157 e. The third kappa shape index (κ3) is 4.89. The van der Waals surface area contributed by atoms with E-state index in [-0.39, 0.29) is 0 Å². The molecule has 0 amide bonds. The summed E-state index contributed by atoms with van der Waals surface area (Å²) in [4.78, 5) is 4.60. The first kappa shape index (κ1) is 12.8. The van der Waals surface area contributed by atoms with Crippen LogP contribution in [-0.2, 0) is 4.74 Å². The van der Waals surface area contributed by atoms with Gasteiger partial charge in [0, 0.05) is 12.9 Å². The second-order valence-corrected chi connectivity index (χ2v) is 5.09. The highest BCUT2D eigenvalue weighted by molar-refractivity contribution is 8.13. The van der Waals surface area contributed by atoms with Gasteiger partial charge < -0.3 is 10.1 Å². The van der Waals surface area contributed by atoms with Crippen molar-refractivity contribution in [3.8, 4) is 0 Å². The van der Waals surface area contributed by atoms with Crippen LogP contribution in [0.3, 0.4) is 0 Å². The third-order valence-corrected chi connectivity index (χ3v) is 3.38. The van der Waals surface area contributed by atoms with Gasteiger partial charge in [0.1, 0.15) is 0 Å². The van der Waals surface area contributed by atoms with Crippen molar-refractivity contribution in [3.63, 3.8) is 0 Å². The van der Waals surface area contributed by atoms with Crippen molar-refractivity contribution in [2.45, 2.75) is 45.2 Å². The molecule has 0 aromatic carbocycles. The average molecular weight is 230 g/mol. The van der Waals surface area contributed by atoms with E-state index in [1.165, 1.54) is 18.6 Å². The van der Waals surface area contributed by atoms with Gasteiger partial charge in [-0.3, -0.25) is 4.99 Å². The minimum Gasteiger partial charge on any atom is -0.383 e. The molecule has 0 fully saturated rings. The molecule has 2 atom stereocenters. The fourth-order valence-corrected chi connectivity index (χ4v) is 2.79. The van der Waals surface area contributed by atoms with Crippen LogP contribution in [0.1, 0.15) is 33.1 Å². The van der Waals surface area contributed by atoms with E-state index < -0.39 is 0 Å². The van der Waals surface area contributed by atoms with E-state index in [0.717, 1.165) is 18.2 Å². The van der Waals surface area contributed by atoms with Gasteiger partial charge in [-0.2, -0.15) is 0 Å². The normalized spacial score (nSPS) is 23.4. The lowest BCUT2D eigenvalue weighted by Gasteiger charge is -2.23. The Morgan fingerprint density at radius 3 is 3.07 bits per heavy atom. The summed E-state index contributed by atoms with van der Waals surface area (Å²) in [6.07, 6.45) is 3.51. The number of nitrogens with one attached hydrogen (secondary N) is 1. The molecule has 2 unspecified atom stereocenters. The molecular formula is C11H22N2OS. The summed E-state index contributed by atoms with van der Waals surface area (Å²) in [5.41, 5.74) is 0. The Morgan fingerprint density at radius 1 is 1.67 bits per heavy atom. The molecule has 3 nitrogen and oxygen atoms in total. The Bertz CT molecular complexity index is 203. The maximum absolute atomic E-state index is 5.20. The molecule has 1 aliphatic heterocycles. The Kier molecular flexibility index (Phi) is 6.10. The molecule has 0 aliphatic carbocycles. The highest BCUT2D eigenvalue weighted by Gasteiger charge is 2.15. The summed E-state index contributed by atoms with van der Waals surface area (Å²) in [5.74, 6) is 1.18. The van der Waals surface area contributed by atoms with Gasteiger partial charge in [-0.15, -0.1) is 0 Å². The van der Waals surface area contributed by atoms with E-state index in [2.05, 4.69) is 24.2 Å². The van der Waals surface area contributed by atoms with Crippen molar-refractivity contribution < 1.29 is 4.74 Å². The number of rotatable bonds is 5. The standard InChI is InChI=1S/C11H22N2OS/c1-4-5-10(8-14-3)13-11-12-9(2)6-7-15-11/h9-10H,4-8H2,1-3H3,(H,12,13). The lowest BCUT2D eigenvalue weighted by atomic mass is 10.2. The molecule has 0 saturated carbocycles. The number of methoxy groups -OCH3 is 1. The van der Waals surface area contributed by atoms with Crippen molar-refractivity contribution in [2.24, 2.45) is 4.99 Å². The molecular weight excluding hydrogens is 208 g/mol. The summed E-state index contributed by atoms with van der Waals surface area (Å²) < 4.78 is 5.20. The Morgan fingerprint density at radius 2 is 2.47 bits per heavy atom. The fourth-order valence-electron chi connectivity index (χ4n) is 1.63. The van der Waals surface area contributed by atoms with Crippen LogP contribution in [0.25, 0.3) is 0 Å². The monoisotopic (exact) mass is 230 g/mol. The van der Waals surface area contributed by atoms with Crippen LogP contribution in [0.15, 0.2) is 4.99 Å². The minimum atomic E-state index is 0.413. The molecule has 0 bridgehead atoms. The van der Waals surface area contributed by atoms with Crippen molar-refractivity contribution >= 4 is 16.9 Å². The van der Waals surface area contributed by atoms with Gasteiger partial charge in [0.15, 0.2) is 5.17 Å². The number of hydrogen-bond acceptors (Lipinski definition) is 4. The molecule has 4 heteroatoms. The van der Waals surface area contributed by atoms with Crippen molar-refractivity contribution in [3.05, 3.63) is 0 Å². The maximum Gasteiger partial charge on any atom is 0.157 e. The molecule has 1 N–H and O–H groups in total. The molecule has 1 rings (SSSR count). The third-order valence-electron chi connectivity index (χ3n) is 2.44. The molecule has 0 spiro atoms. The van der Waals surface area contributed by atoms with Gasteiger partial charge >= 0.3 is 0 Å². The Labute approximate surface area is 97.1 Å². The van der Waals surface area contributed by atoms with Gasteiger partial charge in [0.2, 0.25) is 0 Å². The van der Waals surface area contributed by atoms with Gasteiger partial charge in [-0.25, -0.2) is 0 Å². The van der Waals surface area contributed by atoms with Crippen LogP contribution in [0.4, 0.5) is 0 Å². The zero-order valence-electron chi connectivity index (χ0n) is 9.95. The highest BCUT2D eigenvalue weighted by atomic mass is 32.2. The lowest BCUT2D eigenvalue weighted by molar-refractivity contribution is 0.170. The SMILES string of the molecule is CCCC(COC)NC1=NC(C)CCS1.